The molecule has 0 aromatic carbocycles. The lowest BCUT2D eigenvalue weighted by atomic mass is 10.2. The molecule has 1 amide bonds. The molecule has 1 unspecified atom stereocenters. The molecule has 5 nitrogen and oxygen atoms in total. The minimum absolute atomic E-state index is 0.0723. The first kappa shape index (κ1) is 14.1. The number of nitrogens with one attached hydrogen (secondary N) is 1. The third kappa shape index (κ3) is 3.81. The Bertz CT molecular complexity index is 460. The number of hydrogen-bond acceptors (Lipinski definition) is 4. The second-order valence-electron chi connectivity index (χ2n) is 4.99. The van der Waals surface area contributed by atoms with Crippen molar-refractivity contribution in [2.45, 2.75) is 25.8 Å². The van der Waals surface area contributed by atoms with Gasteiger partial charge in [0.15, 0.2) is 0 Å². The minimum Gasteiger partial charge on any atom is -0.397 e. The van der Waals surface area contributed by atoms with Crippen molar-refractivity contribution in [1.82, 2.24) is 15.2 Å². The number of aromatic nitrogens is 1. The molecule has 1 aromatic heterocycles. The number of pyridine rings is 1. The van der Waals surface area contributed by atoms with Crippen LogP contribution in [0, 0.1) is 0 Å². The van der Waals surface area contributed by atoms with Crippen LogP contribution in [0.4, 0.5) is 5.69 Å². The fraction of sp³-hybridized carbons (Fsp3) is 0.538. The van der Waals surface area contributed by atoms with Gasteiger partial charge in [-0.05, 0) is 38.9 Å². The zero-order valence-electron chi connectivity index (χ0n) is 11.0. The van der Waals surface area contributed by atoms with Crippen LogP contribution in [-0.4, -0.2) is 41.5 Å². The Hall–Kier alpha value is -1.33. The van der Waals surface area contributed by atoms with Crippen LogP contribution in [-0.2, 0) is 0 Å². The first-order chi connectivity index (χ1) is 9.06. The molecule has 3 N–H and O–H groups in total. The average molecular weight is 283 g/mol. The summed E-state index contributed by atoms with van der Waals surface area (Å²) in [4.78, 5) is 18.3. The summed E-state index contributed by atoms with van der Waals surface area (Å²) in [5.74, 6) is -0.225. The molecule has 1 saturated heterocycles. The number of likely N-dealkylation sites (tertiary alicyclic amines) is 1. The lowest BCUT2D eigenvalue weighted by molar-refractivity contribution is 0.0932. The van der Waals surface area contributed by atoms with Crippen LogP contribution in [0.25, 0.3) is 0 Å². The van der Waals surface area contributed by atoms with Gasteiger partial charge in [-0.3, -0.25) is 4.79 Å². The van der Waals surface area contributed by atoms with Crippen molar-refractivity contribution >= 4 is 23.2 Å². The lowest BCUT2D eigenvalue weighted by Crippen LogP contribution is -2.41. The van der Waals surface area contributed by atoms with Gasteiger partial charge in [0, 0.05) is 12.6 Å². The van der Waals surface area contributed by atoms with E-state index in [2.05, 4.69) is 15.2 Å². The van der Waals surface area contributed by atoms with Crippen LogP contribution in [0.5, 0.6) is 0 Å². The van der Waals surface area contributed by atoms with Crippen molar-refractivity contribution in [3.05, 3.63) is 23.0 Å². The van der Waals surface area contributed by atoms with Crippen LogP contribution < -0.4 is 11.1 Å². The highest BCUT2D eigenvalue weighted by molar-refractivity contribution is 6.32. The second kappa shape index (κ2) is 6.21. The first-order valence-electron chi connectivity index (χ1n) is 6.50. The maximum Gasteiger partial charge on any atom is 0.254 e. The van der Waals surface area contributed by atoms with Gasteiger partial charge in [0.05, 0.1) is 17.4 Å². The zero-order valence-corrected chi connectivity index (χ0v) is 11.8. The fourth-order valence-electron chi connectivity index (χ4n) is 2.32. The molecule has 2 heterocycles. The molecular weight excluding hydrogens is 264 g/mol. The number of amides is 1. The third-order valence-electron chi connectivity index (χ3n) is 3.21. The van der Waals surface area contributed by atoms with Crippen LogP contribution >= 0.6 is 11.6 Å². The van der Waals surface area contributed by atoms with Gasteiger partial charge >= 0.3 is 0 Å². The molecule has 104 valence electrons. The number of nitrogens with two attached hydrogens (primary N) is 1. The number of halogens is 1. The Balaban J connectivity index is 1.94. The molecule has 0 spiro atoms. The van der Waals surface area contributed by atoms with Crippen LogP contribution in [0.1, 0.15) is 30.1 Å². The van der Waals surface area contributed by atoms with E-state index < -0.39 is 0 Å². The molecule has 1 aromatic rings. The first-order valence-corrected chi connectivity index (χ1v) is 6.88. The smallest absolute Gasteiger partial charge is 0.254 e. The summed E-state index contributed by atoms with van der Waals surface area (Å²) in [6.45, 7) is 5.07. The monoisotopic (exact) mass is 282 g/mol. The lowest BCUT2D eigenvalue weighted by Gasteiger charge is -2.21. The van der Waals surface area contributed by atoms with Gasteiger partial charge in [-0.15, -0.1) is 0 Å². The molecule has 0 aliphatic carbocycles. The molecule has 19 heavy (non-hydrogen) atoms. The molecule has 0 saturated carbocycles. The van der Waals surface area contributed by atoms with Crippen molar-refractivity contribution in [3.63, 3.8) is 0 Å². The van der Waals surface area contributed by atoms with E-state index in [1.54, 1.807) is 6.07 Å². The van der Waals surface area contributed by atoms with Gasteiger partial charge in [-0.25, -0.2) is 4.98 Å². The number of nitrogen functional groups attached to an aromatic ring is 1. The third-order valence-corrected chi connectivity index (χ3v) is 3.51. The molecule has 1 aliphatic rings. The highest BCUT2D eigenvalue weighted by atomic mass is 35.5. The highest BCUT2D eigenvalue weighted by Gasteiger charge is 2.18. The Morgan fingerprint density at radius 2 is 2.26 bits per heavy atom. The summed E-state index contributed by atoms with van der Waals surface area (Å²) in [5.41, 5.74) is 6.38. The molecule has 1 aliphatic heterocycles. The van der Waals surface area contributed by atoms with Gasteiger partial charge in [-0.2, -0.15) is 0 Å². The summed E-state index contributed by atoms with van der Waals surface area (Å²) in [6.07, 6.45) is 3.92. The molecule has 1 atom stereocenters. The van der Waals surface area contributed by atoms with Gasteiger partial charge in [0.25, 0.3) is 5.91 Å². The van der Waals surface area contributed by atoms with E-state index in [9.17, 15) is 4.79 Å². The highest BCUT2D eigenvalue weighted by Crippen LogP contribution is 2.15. The van der Waals surface area contributed by atoms with E-state index in [0.717, 1.165) is 19.6 Å². The van der Waals surface area contributed by atoms with Gasteiger partial charge < -0.3 is 16.0 Å². The van der Waals surface area contributed by atoms with Crippen LogP contribution in [0.2, 0.25) is 5.15 Å². The van der Waals surface area contributed by atoms with E-state index in [4.69, 9.17) is 17.3 Å². The van der Waals surface area contributed by atoms with Crippen molar-refractivity contribution in [2.75, 3.05) is 25.4 Å². The number of carbonyl (C=O) groups is 1. The summed E-state index contributed by atoms with van der Waals surface area (Å²) < 4.78 is 0. The maximum atomic E-state index is 12.1. The average Bonchev–Trinajstić information content (AvgIpc) is 2.84. The normalized spacial score (nSPS) is 17.4. The summed E-state index contributed by atoms with van der Waals surface area (Å²) in [6, 6.07) is 1.62. The summed E-state index contributed by atoms with van der Waals surface area (Å²) in [7, 11) is 0. The number of hydrogen-bond donors (Lipinski definition) is 2. The predicted octanol–water partition coefficient (Wildman–Crippen LogP) is 1.53. The number of carbonyl (C=O) groups excluding carboxylic acids is 1. The fourth-order valence-corrected chi connectivity index (χ4v) is 2.51. The number of rotatable bonds is 4. The van der Waals surface area contributed by atoms with E-state index in [1.165, 1.54) is 19.0 Å². The Kier molecular flexibility index (Phi) is 4.61. The van der Waals surface area contributed by atoms with Crippen molar-refractivity contribution in [3.8, 4) is 0 Å². The largest absolute Gasteiger partial charge is 0.397 e. The Labute approximate surface area is 118 Å². The SMILES string of the molecule is CC(CN1CCCC1)NC(=O)c1cc(N)cnc1Cl. The molecular formula is C13H19ClN4O. The molecule has 6 heteroatoms. The zero-order chi connectivity index (χ0) is 13.8. The summed E-state index contributed by atoms with van der Waals surface area (Å²) >= 11 is 5.91. The quantitative estimate of drug-likeness (QED) is 0.822. The van der Waals surface area contributed by atoms with E-state index in [-0.39, 0.29) is 17.1 Å². The van der Waals surface area contributed by atoms with Gasteiger partial charge in [0.1, 0.15) is 5.15 Å². The van der Waals surface area contributed by atoms with E-state index in [1.807, 2.05) is 6.92 Å². The Morgan fingerprint density at radius 3 is 2.95 bits per heavy atom. The van der Waals surface area contributed by atoms with Gasteiger partial charge in [-0.1, -0.05) is 11.6 Å². The Morgan fingerprint density at radius 1 is 1.58 bits per heavy atom. The summed E-state index contributed by atoms with van der Waals surface area (Å²) in [5, 5.41) is 3.11. The molecule has 1 fully saturated rings. The maximum absolute atomic E-state index is 12.1. The topological polar surface area (TPSA) is 71.2 Å². The van der Waals surface area contributed by atoms with Crippen molar-refractivity contribution in [2.24, 2.45) is 0 Å². The minimum atomic E-state index is -0.225. The van der Waals surface area contributed by atoms with E-state index in [0.29, 0.717) is 11.3 Å². The molecule has 2 rings (SSSR count). The van der Waals surface area contributed by atoms with Crippen molar-refractivity contribution in [1.29, 1.82) is 0 Å². The van der Waals surface area contributed by atoms with Gasteiger partial charge in [0.2, 0.25) is 0 Å². The predicted molar refractivity (Wildman–Crippen MR) is 76.3 cm³/mol. The standard InChI is InChI=1S/C13H19ClN4O/c1-9(8-18-4-2-3-5-18)17-13(19)11-6-10(15)7-16-12(11)14/h6-7,9H,2-5,8,15H2,1H3,(H,17,19). The van der Waals surface area contributed by atoms with Crippen molar-refractivity contribution < 1.29 is 4.79 Å². The second-order valence-corrected chi connectivity index (χ2v) is 5.35. The van der Waals surface area contributed by atoms with Crippen LogP contribution in [0.3, 0.4) is 0 Å². The van der Waals surface area contributed by atoms with E-state index >= 15 is 0 Å². The number of nitrogens with zero attached hydrogens (tertiary/aromatic N) is 2. The molecule has 0 radical (unpaired) electrons. The van der Waals surface area contributed by atoms with Crippen LogP contribution in [0.15, 0.2) is 12.3 Å². The number of anilines is 1. The molecule has 0 bridgehead atoms.